The molecule has 4 rings (SSSR count). The maximum Gasteiger partial charge on any atom is 0.254 e. The van der Waals surface area contributed by atoms with Crippen LogP contribution in [0.5, 0.6) is 0 Å². The minimum absolute atomic E-state index is 0.0254. The van der Waals surface area contributed by atoms with Crippen LogP contribution in [0.25, 0.3) is 0 Å². The summed E-state index contributed by atoms with van der Waals surface area (Å²) in [6, 6.07) is 12.3. The molecule has 2 aliphatic rings. The first-order valence-corrected chi connectivity index (χ1v) is 12.3. The van der Waals surface area contributed by atoms with Crippen LogP contribution in [0.1, 0.15) is 28.4 Å². The van der Waals surface area contributed by atoms with Gasteiger partial charge in [-0.1, -0.05) is 53.0 Å². The molecule has 3 heterocycles. The number of hydrogen-bond acceptors (Lipinski definition) is 3. The Bertz CT molecular complexity index is 1110. The summed E-state index contributed by atoms with van der Waals surface area (Å²) in [5, 5.41) is 6.12. The summed E-state index contributed by atoms with van der Waals surface area (Å²) in [7, 11) is 0. The van der Waals surface area contributed by atoms with Gasteiger partial charge < -0.3 is 20.1 Å². The van der Waals surface area contributed by atoms with Crippen molar-refractivity contribution >= 4 is 74.0 Å². The summed E-state index contributed by atoms with van der Waals surface area (Å²) in [5.41, 5.74) is 1.45. The van der Waals surface area contributed by atoms with E-state index in [0.717, 1.165) is 12.1 Å². The van der Waals surface area contributed by atoms with Crippen molar-refractivity contribution in [3.8, 4) is 0 Å². The number of carbonyl (C=O) groups is 1. The molecule has 3 atom stereocenters. The summed E-state index contributed by atoms with van der Waals surface area (Å²) < 4.78 is 0.641. The second-order valence-electron chi connectivity index (χ2n) is 7.98. The Kier molecular flexibility index (Phi) is 7.08. The lowest BCUT2D eigenvalue weighted by Crippen LogP contribution is -2.60. The number of nitrogens with one attached hydrogen (secondary N) is 2. The molecule has 0 radical (unpaired) electrons. The van der Waals surface area contributed by atoms with Crippen LogP contribution >= 0.6 is 63.0 Å². The van der Waals surface area contributed by atoms with Crippen LogP contribution < -0.4 is 16.2 Å². The number of aromatic nitrogens is 1. The van der Waals surface area contributed by atoms with Gasteiger partial charge in [0.2, 0.25) is 3.79 Å². The number of amides is 1. The van der Waals surface area contributed by atoms with E-state index in [0.29, 0.717) is 34.8 Å². The molecule has 6 nitrogen and oxygen atoms in total. The molecule has 170 valence electrons. The molecule has 2 aliphatic heterocycles. The third-order valence-electron chi connectivity index (χ3n) is 5.76. The topological polar surface area (TPSA) is 66.4 Å². The molecule has 2 bridgehead atoms. The van der Waals surface area contributed by atoms with E-state index in [1.165, 1.54) is 0 Å². The number of hydrogen-bond donors (Lipinski definition) is 2. The molecule has 1 aromatic heterocycles. The fourth-order valence-corrected chi connectivity index (χ4v) is 5.39. The molecule has 1 unspecified atom stereocenters. The van der Waals surface area contributed by atoms with Gasteiger partial charge in [-0.2, -0.15) is 0 Å². The van der Waals surface area contributed by atoms with Crippen LogP contribution in [-0.4, -0.2) is 43.5 Å². The molecule has 1 aromatic carbocycles. The Morgan fingerprint density at radius 3 is 2.56 bits per heavy atom. The van der Waals surface area contributed by atoms with E-state index < -0.39 is 15.9 Å². The van der Waals surface area contributed by atoms with Gasteiger partial charge in [0.05, 0.1) is 5.56 Å². The maximum atomic E-state index is 12.8. The lowest BCUT2D eigenvalue weighted by Gasteiger charge is -2.44. The normalized spacial score (nSPS) is 20.8. The predicted molar refractivity (Wildman–Crippen MR) is 135 cm³/mol. The van der Waals surface area contributed by atoms with Crippen molar-refractivity contribution in [1.82, 2.24) is 20.1 Å². The predicted octanol–water partition coefficient (Wildman–Crippen LogP) is 4.03. The Labute approximate surface area is 214 Å². The van der Waals surface area contributed by atoms with Crippen molar-refractivity contribution in [2.75, 3.05) is 13.1 Å². The van der Waals surface area contributed by atoms with Crippen molar-refractivity contribution in [3.63, 3.8) is 0 Å². The van der Waals surface area contributed by atoms with Crippen molar-refractivity contribution in [3.05, 3.63) is 68.5 Å². The van der Waals surface area contributed by atoms with E-state index in [1.807, 2.05) is 15.5 Å². The number of likely N-dealkylation sites (tertiary alicyclic amines) is 1. The van der Waals surface area contributed by atoms with Crippen LogP contribution in [-0.2, 0) is 6.54 Å². The molecule has 2 N–H and O–H groups in total. The Hall–Kier alpha value is -1.32. The average Bonchev–Trinajstić information content (AvgIpc) is 2.73. The van der Waals surface area contributed by atoms with Crippen molar-refractivity contribution in [2.45, 2.75) is 28.8 Å². The number of alkyl halides is 3. The second-order valence-corrected chi connectivity index (χ2v) is 11.6. The van der Waals surface area contributed by atoms with E-state index in [-0.39, 0.29) is 17.4 Å². The fraction of sp³-hybridized carbons (Fsp3) is 0.381. The number of fused-ring (bicyclic) bond motifs is 4. The highest BCUT2D eigenvalue weighted by molar-refractivity contribution is 9.10. The molecular weight excluding hydrogens is 559 g/mol. The Morgan fingerprint density at radius 2 is 1.84 bits per heavy atom. The molecule has 32 heavy (non-hydrogen) atoms. The van der Waals surface area contributed by atoms with Crippen molar-refractivity contribution < 1.29 is 4.79 Å². The summed E-state index contributed by atoms with van der Waals surface area (Å²) in [6.07, 6.45) is -0.0499. The third-order valence-corrected chi connectivity index (χ3v) is 7.48. The van der Waals surface area contributed by atoms with Crippen LogP contribution in [0.2, 0.25) is 0 Å². The van der Waals surface area contributed by atoms with Crippen molar-refractivity contribution in [2.24, 2.45) is 5.92 Å². The van der Waals surface area contributed by atoms with E-state index in [9.17, 15) is 9.59 Å². The van der Waals surface area contributed by atoms with Gasteiger partial charge in [0.1, 0.15) is 6.17 Å². The molecule has 0 spiro atoms. The first-order chi connectivity index (χ1) is 15.1. The van der Waals surface area contributed by atoms with Gasteiger partial charge in [-0.25, -0.2) is 0 Å². The van der Waals surface area contributed by atoms with Gasteiger partial charge in [0.15, 0.2) is 5.11 Å². The molecule has 0 aliphatic carbocycles. The third kappa shape index (κ3) is 5.09. The molecule has 1 fully saturated rings. The van der Waals surface area contributed by atoms with Gasteiger partial charge in [-0.15, -0.1) is 0 Å². The zero-order valence-electron chi connectivity index (χ0n) is 16.7. The lowest BCUT2D eigenvalue weighted by molar-refractivity contribution is 0.0932. The zero-order valence-corrected chi connectivity index (χ0v) is 21.4. The molecule has 2 aromatic rings. The van der Waals surface area contributed by atoms with Gasteiger partial charge in [-0.05, 0) is 58.7 Å². The Morgan fingerprint density at radius 1 is 1.09 bits per heavy atom. The smallest absolute Gasteiger partial charge is 0.254 e. The van der Waals surface area contributed by atoms with E-state index in [1.54, 1.807) is 36.4 Å². The van der Waals surface area contributed by atoms with Gasteiger partial charge in [-0.3, -0.25) is 9.59 Å². The quantitative estimate of drug-likeness (QED) is 0.327. The van der Waals surface area contributed by atoms with Crippen LogP contribution in [0, 0.1) is 5.92 Å². The minimum atomic E-state index is -1.84. The number of thiocarbonyl (C=S) groups is 1. The molecule has 1 amide bonds. The van der Waals surface area contributed by atoms with Gasteiger partial charge in [0.25, 0.3) is 11.5 Å². The average molecular weight is 579 g/mol. The minimum Gasteiger partial charge on any atom is -0.348 e. The number of pyridine rings is 1. The second kappa shape index (κ2) is 9.50. The van der Waals surface area contributed by atoms with E-state index in [2.05, 4.69) is 26.6 Å². The number of halogens is 4. The van der Waals surface area contributed by atoms with E-state index in [4.69, 9.17) is 47.0 Å². The molecule has 11 heteroatoms. The first-order valence-electron chi connectivity index (χ1n) is 10.0. The fourth-order valence-electron chi connectivity index (χ4n) is 4.33. The van der Waals surface area contributed by atoms with Crippen LogP contribution in [0.4, 0.5) is 0 Å². The molecule has 0 saturated carbocycles. The summed E-state index contributed by atoms with van der Waals surface area (Å²) in [6.45, 7) is 1.96. The monoisotopic (exact) mass is 576 g/mol. The summed E-state index contributed by atoms with van der Waals surface area (Å²) in [4.78, 5) is 27.0. The summed E-state index contributed by atoms with van der Waals surface area (Å²) in [5.74, 6) is 0.0484. The number of nitrogens with zero attached hydrogens (tertiary/aromatic N) is 2. The standard InChI is InChI=1S/C21H20BrCl3N4O2S/c22-15-5-2-1-4-14(15)18(31)26-19(21(23,24)25)27-20(32)28-9-12-8-13(11-28)16-6-3-7-17(30)29(16)10-12/h1-7,12-13,19H,8-11H2,(H,26,31)(H,27,32)/t12-,13+,19?/m0/s1. The Balaban J connectivity index is 1.48. The first kappa shape index (κ1) is 23.8. The SMILES string of the molecule is O=C(NC(NC(=S)N1C[C@@H]2C[C@H](C1)c1cccc(=O)n1C2)C(Cl)(Cl)Cl)c1ccccc1Br. The number of rotatable bonds is 3. The highest BCUT2D eigenvalue weighted by atomic mass is 79.9. The van der Waals surface area contributed by atoms with E-state index >= 15 is 0 Å². The number of carbonyl (C=O) groups excluding carboxylic acids is 1. The van der Waals surface area contributed by atoms with Crippen LogP contribution in [0.3, 0.4) is 0 Å². The van der Waals surface area contributed by atoms with Gasteiger partial charge in [0, 0.05) is 41.8 Å². The van der Waals surface area contributed by atoms with Crippen molar-refractivity contribution in [1.29, 1.82) is 0 Å². The molecular formula is C21H20BrCl3N4O2S. The lowest BCUT2D eigenvalue weighted by atomic mass is 9.83. The highest BCUT2D eigenvalue weighted by Gasteiger charge is 2.39. The molecule has 1 saturated heterocycles. The summed E-state index contributed by atoms with van der Waals surface area (Å²) >= 11 is 27.5. The number of piperidine rings is 1. The highest BCUT2D eigenvalue weighted by Crippen LogP contribution is 2.35. The zero-order chi connectivity index (χ0) is 23.0. The number of benzene rings is 1. The largest absolute Gasteiger partial charge is 0.348 e. The maximum absolute atomic E-state index is 12.8. The van der Waals surface area contributed by atoms with Gasteiger partial charge >= 0.3 is 0 Å². The van der Waals surface area contributed by atoms with Crippen LogP contribution in [0.15, 0.2) is 51.7 Å².